The molecule has 1 fully saturated rings. The van der Waals surface area contributed by atoms with E-state index in [9.17, 15) is 0 Å². The fraction of sp³-hybridized carbons (Fsp3) is 1.00. The topological polar surface area (TPSA) is 18.5 Å². The SMILES string of the molecule is CCOC(C)(OCC)P1CCCCC1. The third kappa shape index (κ3) is 3.18. The lowest BCUT2D eigenvalue weighted by Crippen LogP contribution is -2.33. The predicted octanol–water partition coefficient (Wildman–Crippen LogP) is 3.40. The molecule has 84 valence electrons. The summed E-state index contributed by atoms with van der Waals surface area (Å²) in [6.07, 6.45) is 6.77. The average Bonchev–Trinajstić information content (AvgIpc) is 2.20. The molecule has 3 heteroatoms. The Balaban J connectivity index is 2.54. The summed E-state index contributed by atoms with van der Waals surface area (Å²) < 4.78 is 11.6. The molecule has 0 radical (unpaired) electrons. The maximum atomic E-state index is 5.82. The maximum Gasteiger partial charge on any atom is 0.183 e. The molecule has 1 heterocycles. The first-order chi connectivity index (χ1) is 6.73. The van der Waals surface area contributed by atoms with Crippen LogP contribution in [0.4, 0.5) is 0 Å². The van der Waals surface area contributed by atoms with Gasteiger partial charge in [0.15, 0.2) is 5.53 Å². The van der Waals surface area contributed by atoms with Crippen molar-refractivity contribution in [3.05, 3.63) is 0 Å². The van der Waals surface area contributed by atoms with E-state index in [0.29, 0.717) is 0 Å². The molecule has 14 heavy (non-hydrogen) atoms. The van der Waals surface area contributed by atoms with Crippen LogP contribution in [0.1, 0.15) is 40.0 Å². The first kappa shape index (κ1) is 12.4. The van der Waals surface area contributed by atoms with Crippen molar-refractivity contribution in [2.75, 3.05) is 25.5 Å². The number of hydrogen-bond acceptors (Lipinski definition) is 2. The standard InChI is InChI=1S/C11H23O2P/c1-4-12-11(3,13-5-2)14-9-7-6-8-10-14/h4-10H2,1-3H3. The van der Waals surface area contributed by atoms with Crippen molar-refractivity contribution in [2.24, 2.45) is 0 Å². The first-order valence-electron chi connectivity index (χ1n) is 5.76. The Morgan fingerprint density at radius 3 is 1.93 bits per heavy atom. The van der Waals surface area contributed by atoms with Crippen molar-refractivity contribution >= 4 is 7.92 Å². The van der Waals surface area contributed by atoms with E-state index in [1.165, 1.54) is 31.6 Å². The van der Waals surface area contributed by atoms with E-state index in [1.807, 2.05) is 0 Å². The van der Waals surface area contributed by atoms with E-state index in [2.05, 4.69) is 20.8 Å². The maximum absolute atomic E-state index is 5.82. The van der Waals surface area contributed by atoms with E-state index < -0.39 is 0 Å². The predicted molar refractivity (Wildman–Crippen MR) is 62.2 cm³/mol. The highest BCUT2D eigenvalue weighted by molar-refractivity contribution is 7.58. The molecule has 1 aliphatic heterocycles. The molecule has 1 saturated heterocycles. The molecule has 1 rings (SSSR count). The second-order valence-electron chi connectivity index (χ2n) is 3.81. The van der Waals surface area contributed by atoms with Crippen molar-refractivity contribution in [3.63, 3.8) is 0 Å². The largest absolute Gasteiger partial charge is 0.347 e. The van der Waals surface area contributed by atoms with Gasteiger partial charge >= 0.3 is 0 Å². The van der Waals surface area contributed by atoms with Crippen LogP contribution in [0.25, 0.3) is 0 Å². The fourth-order valence-corrected chi connectivity index (χ4v) is 4.93. The Bertz CT molecular complexity index is 149. The van der Waals surface area contributed by atoms with Crippen LogP contribution in [-0.4, -0.2) is 31.1 Å². The number of rotatable bonds is 5. The monoisotopic (exact) mass is 218 g/mol. The highest BCUT2D eigenvalue weighted by atomic mass is 31.1. The lowest BCUT2D eigenvalue weighted by Gasteiger charge is -2.39. The summed E-state index contributed by atoms with van der Waals surface area (Å²) in [5, 5.41) is 0. The van der Waals surface area contributed by atoms with Crippen LogP contribution >= 0.6 is 7.92 Å². The molecule has 0 aromatic rings. The van der Waals surface area contributed by atoms with E-state index in [0.717, 1.165) is 13.2 Å². The van der Waals surface area contributed by atoms with Crippen LogP contribution in [0.15, 0.2) is 0 Å². The van der Waals surface area contributed by atoms with Gasteiger partial charge in [-0.3, -0.25) is 0 Å². The minimum absolute atomic E-state index is 0.0734. The summed E-state index contributed by atoms with van der Waals surface area (Å²) in [5.74, 6) is 0. The molecular weight excluding hydrogens is 195 g/mol. The fourth-order valence-electron chi connectivity index (χ4n) is 2.06. The van der Waals surface area contributed by atoms with Gasteiger partial charge in [0, 0.05) is 13.2 Å². The van der Waals surface area contributed by atoms with Gasteiger partial charge in [-0.2, -0.15) is 0 Å². The molecule has 0 aromatic carbocycles. The van der Waals surface area contributed by atoms with Gasteiger partial charge in [0.25, 0.3) is 0 Å². The highest BCUT2D eigenvalue weighted by Crippen LogP contribution is 2.54. The molecule has 0 amide bonds. The van der Waals surface area contributed by atoms with Crippen molar-refractivity contribution in [3.8, 4) is 0 Å². The molecule has 0 spiro atoms. The third-order valence-electron chi connectivity index (χ3n) is 2.75. The average molecular weight is 218 g/mol. The van der Waals surface area contributed by atoms with Gasteiger partial charge in [-0.25, -0.2) is 0 Å². The summed E-state index contributed by atoms with van der Waals surface area (Å²) in [7, 11) is -0.0734. The van der Waals surface area contributed by atoms with Crippen LogP contribution in [0.2, 0.25) is 0 Å². The summed E-state index contributed by atoms with van der Waals surface area (Å²) in [6.45, 7) is 7.76. The van der Waals surface area contributed by atoms with Crippen molar-refractivity contribution in [1.29, 1.82) is 0 Å². The van der Waals surface area contributed by atoms with Gasteiger partial charge in [-0.15, -0.1) is 0 Å². The van der Waals surface area contributed by atoms with Gasteiger partial charge in [0.1, 0.15) is 0 Å². The van der Waals surface area contributed by atoms with Crippen molar-refractivity contribution < 1.29 is 9.47 Å². The van der Waals surface area contributed by atoms with Crippen LogP contribution in [0.5, 0.6) is 0 Å². The second kappa shape index (κ2) is 6.05. The molecule has 0 unspecified atom stereocenters. The Labute approximate surface area is 89.1 Å². The Hall–Kier alpha value is 0.350. The van der Waals surface area contributed by atoms with E-state index >= 15 is 0 Å². The Morgan fingerprint density at radius 2 is 1.50 bits per heavy atom. The Kier molecular flexibility index (Phi) is 5.36. The molecule has 0 N–H and O–H groups in total. The van der Waals surface area contributed by atoms with Crippen LogP contribution in [0.3, 0.4) is 0 Å². The molecule has 1 aliphatic rings. The van der Waals surface area contributed by atoms with Gasteiger partial charge in [-0.1, -0.05) is 6.42 Å². The smallest absolute Gasteiger partial charge is 0.183 e. The highest BCUT2D eigenvalue weighted by Gasteiger charge is 2.35. The van der Waals surface area contributed by atoms with Gasteiger partial charge in [0.05, 0.1) is 0 Å². The summed E-state index contributed by atoms with van der Waals surface area (Å²) in [4.78, 5) is 0. The summed E-state index contributed by atoms with van der Waals surface area (Å²) >= 11 is 0. The van der Waals surface area contributed by atoms with E-state index in [4.69, 9.17) is 9.47 Å². The Morgan fingerprint density at radius 1 is 1.00 bits per heavy atom. The van der Waals surface area contributed by atoms with E-state index in [1.54, 1.807) is 0 Å². The van der Waals surface area contributed by atoms with Crippen molar-refractivity contribution in [2.45, 2.75) is 45.6 Å². The lowest BCUT2D eigenvalue weighted by molar-refractivity contribution is -0.158. The molecule has 0 bridgehead atoms. The summed E-state index contributed by atoms with van der Waals surface area (Å²) in [6, 6.07) is 0. The zero-order chi connectivity index (χ0) is 10.4. The molecule has 2 nitrogen and oxygen atoms in total. The van der Waals surface area contributed by atoms with Crippen LogP contribution in [-0.2, 0) is 9.47 Å². The van der Waals surface area contributed by atoms with Gasteiger partial charge < -0.3 is 9.47 Å². The van der Waals surface area contributed by atoms with Crippen LogP contribution < -0.4 is 0 Å². The minimum atomic E-state index is -0.265. The molecular formula is C11H23O2P. The lowest BCUT2D eigenvalue weighted by atomic mass is 10.3. The second-order valence-corrected chi connectivity index (χ2v) is 6.60. The molecule has 0 aliphatic carbocycles. The third-order valence-corrected chi connectivity index (χ3v) is 5.87. The zero-order valence-corrected chi connectivity index (χ0v) is 10.6. The number of hydrogen-bond donors (Lipinski definition) is 0. The molecule has 0 atom stereocenters. The van der Waals surface area contributed by atoms with E-state index in [-0.39, 0.29) is 13.4 Å². The molecule has 0 saturated carbocycles. The molecule has 0 aromatic heterocycles. The van der Waals surface area contributed by atoms with Crippen molar-refractivity contribution in [1.82, 2.24) is 0 Å². The summed E-state index contributed by atoms with van der Waals surface area (Å²) in [5.41, 5.74) is -0.265. The van der Waals surface area contributed by atoms with Gasteiger partial charge in [-0.05, 0) is 53.9 Å². The zero-order valence-electron chi connectivity index (χ0n) is 9.71. The number of ether oxygens (including phenoxy) is 2. The van der Waals surface area contributed by atoms with Crippen LogP contribution in [0, 0.1) is 0 Å². The minimum Gasteiger partial charge on any atom is -0.347 e. The first-order valence-corrected chi connectivity index (χ1v) is 7.47. The quantitative estimate of drug-likeness (QED) is 0.520. The normalized spacial score (nSPS) is 19.9. The van der Waals surface area contributed by atoms with Gasteiger partial charge in [0.2, 0.25) is 0 Å².